The van der Waals surface area contributed by atoms with Gasteiger partial charge < -0.3 is 5.11 Å². The normalized spacial score (nSPS) is 16.6. The van der Waals surface area contributed by atoms with Crippen LogP contribution in [0.2, 0.25) is 5.02 Å². The monoisotopic (exact) mass is 293 g/mol. The van der Waals surface area contributed by atoms with E-state index in [9.17, 15) is 4.79 Å². The van der Waals surface area contributed by atoms with Gasteiger partial charge in [0.05, 0.1) is 10.6 Å². The molecule has 0 aromatic carbocycles. The van der Waals surface area contributed by atoms with Gasteiger partial charge in [-0.25, -0.2) is 4.79 Å². The molecule has 106 valence electrons. The van der Waals surface area contributed by atoms with Crippen LogP contribution in [-0.4, -0.2) is 25.7 Å². The summed E-state index contributed by atoms with van der Waals surface area (Å²) in [6.45, 7) is 0. The van der Waals surface area contributed by atoms with Gasteiger partial charge in [-0.1, -0.05) is 43.7 Å². The van der Waals surface area contributed by atoms with Crippen LogP contribution in [0.15, 0.2) is 12.3 Å². The molecule has 2 aromatic heterocycles. The van der Waals surface area contributed by atoms with E-state index in [0.717, 1.165) is 12.2 Å². The first-order valence-corrected chi connectivity index (χ1v) is 7.29. The van der Waals surface area contributed by atoms with Crippen molar-refractivity contribution in [1.29, 1.82) is 0 Å². The van der Waals surface area contributed by atoms with Gasteiger partial charge in [0.25, 0.3) is 0 Å². The van der Waals surface area contributed by atoms with Crippen LogP contribution in [-0.2, 0) is 6.42 Å². The van der Waals surface area contributed by atoms with Crippen LogP contribution >= 0.6 is 11.6 Å². The largest absolute Gasteiger partial charge is 0.478 e. The number of nitrogens with zero attached hydrogens (tertiary/aromatic N) is 3. The van der Waals surface area contributed by atoms with Crippen molar-refractivity contribution in [2.24, 2.45) is 5.92 Å². The van der Waals surface area contributed by atoms with E-state index in [4.69, 9.17) is 16.7 Å². The molecule has 1 aliphatic carbocycles. The lowest BCUT2D eigenvalue weighted by atomic mass is 9.87. The Kier molecular flexibility index (Phi) is 3.61. The average molecular weight is 294 g/mol. The van der Waals surface area contributed by atoms with Gasteiger partial charge in [-0.3, -0.25) is 4.40 Å². The SMILES string of the molecule is O=C(O)c1cc(Cl)c2nnc(CC3CCCCC3)n2c1. The topological polar surface area (TPSA) is 67.5 Å². The number of pyridine rings is 1. The Morgan fingerprint density at radius 2 is 2.10 bits per heavy atom. The van der Waals surface area contributed by atoms with Crippen molar-refractivity contribution in [2.75, 3.05) is 0 Å². The van der Waals surface area contributed by atoms with Crippen LogP contribution in [0.3, 0.4) is 0 Å². The molecular formula is C14H16ClN3O2. The Balaban J connectivity index is 1.96. The zero-order valence-electron chi connectivity index (χ0n) is 11.0. The number of aromatic carboxylic acids is 1. The summed E-state index contributed by atoms with van der Waals surface area (Å²) in [5.74, 6) is 0.423. The second-order valence-corrected chi connectivity index (χ2v) is 5.81. The molecule has 0 amide bonds. The highest BCUT2D eigenvalue weighted by Gasteiger charge is 2.19. The number of fused-ring (bicyclic) bond motifs is 1. The van der Waals surface area contributed by atoms with E-state index in [2.05, 4.69) is 10.2 Å². The Hall–Kier alpha value is -1.62. The Labute approximate surface area is 121 Å². The molecule has 0 bridgehead atoms. The van der Waals surface area contributed by atoms with Gasteiger partial charge in [0.15, 0.2) is 5.65 Å². The van der Waals surface area contributed by atoms with Gasteiger partial charge in [-0.05, 0) is 12.0 Å². The average Bonchev–Trinajstić information content (AvgIpc) is 2.84. The van der Waals surface area contributed by atoms with E-state index in [1.807, 2.05) is 0 Å². The molecule has 1 saturated carbocycles. The van der Waals surface area contributed by atoms with Crippen molar-refractivity contribution >= 4 is 23.2 Å². The second kappa shape index (κ2) is 5.40. The smallest absolute Gasteiger partial charge is 0.337 e. The van der Waals surface area contributed by atoms with Gasteiger partial charge >= 0.3 is 5.97 Å². The maximum atomic E-state index is 11.1. The number of halogens is 1. The molecule has 0 radical (unpaired) electrons. The van der Waals surface area contributed by atoms with Crippen LogP contribution in [0.4, 0.5) is 0 Å². The van der Waals surface area contributed by atoms with E-state index < -0.39 is 5.97 Å². The third-order valence-corrected chi connectivity index (χ3v) is 4.25. The molecule has 0 saturated heterocycles. The minimum Gasteiger partial charge on any atom is -0.478 e. The first-order valence-electron chi connectivity index (χ1n) is 6.91. The van der Waals surface area contributed by atoms with Crippen molar-refractivity contribution in [2.45, 2.75) is 38.5 Å². The molecule has 0 aliphatic heterocycles. The fraction of sp³-hybridized carbons (Fsp3) is 0.500. The molecule has 6 heteroatoms. The lowest BCUT2D eigenvalue weighted by Crippen LogP contribution is -2.12. The fourth-order valence-corrected chi connectivity index (χ4v) is 3.15. The van der Waals surface area contributed by atoms with E-state index in [-0.39, 0.29) is 5.56 Å². The van der Waals surface area contributed by atoms with Crippen LogP contribution in [0.25, 0.3) is 5.65 Å². The maximum absolute atomic E-state index is 11.1. The maximum Gasteiger partial charge on any atom is 0.337 e. The van der Waals surface area contributed by atoms with Gasteiger partial charge in [-0.2, -0.15) is 0 Å². The molecule has 2 aromatic rings. The van der Waals surface area contributed by atoms with Crippen molar-refractivity contribution in [3.63, 3.8) is 0 Å². The van der Waals surface area contributed by atoms with Crippen molar-refractivity contribution in [1.82, 2.24) is 14.6 Å². The number of hydrogen-bond acceptors (Lipinski definition) is 3. The van der Waals surface area contributed by atoms with Crippen LogP contribution in [0, 0.1) is 5.92 Å². The number of rotatable bonds is 3. The summed E-state index contributed by atoms with van der Waals surface area (Å²) < 4.78 is 1.72. The van der Waals surface area contributed by atoms with Crippen molar-refractivity contribution in [3.8, 4) is 0 Å². The zero-order valence-corrected chi connectivity index (χ0v) is 11.8. The van der Waals surface area contributed by atoms with Crippen molar-refractivity contribution < 1.29 is 9.90 Å². The predicted octanol–water partition coefficient (Wildman–Crippen LogP) is 3.20. The third kappa shape index (κ3) is 2.50. The molecule has 0 unspecified atom stereocenters. The standard InChI is InChI=1S/C14H16ClN3O2/c15-11-7-10(14(19)20)8-18-12(16-17-13(11)18)6-9-4-2-1-3-5-9/h7-9H,1-6H2,(H,19,20). The number of aromatic nitrogens is 3. The molecule has 1 fully saturated rings. The van der Waals surface area contributed by atoms with Crippen LogP contribution < -0.4 is 0 Å². The molecule has 1 N–H and O–H groups in total. The summed E-state index contributed by atoms with van der Waals surface area (Å²) in [7, 11) is 0. The van der Waals surface area contributed by atoms with Gasteiger partial charge in [0.1, 0.15) is 5.82 Å². The van der Waals surface area contributed by atoms with E-state index >= 15 is 0 Å². The van der Waals surface area contributed by atoms with Crippen LogP contribution in [0.5, 0.6) is 0 Å². The highest BCUT2D eigenvalue weighted by atomic mass is 35.5. The Morgan fingerprint density at radius 3 is 2.80 bits per heavy atom. The fourth-order valence-electron chi connectivity index (χ4n) is 2.91. The number of carboxylic acids is 1. The lowest BCUT2D eigenvalue weighted by Gasteiger charge is -2.20. The van der Waals surface area contributed by atoms with E-state index in [1.54, 1.807) is 10.6 Å². The van der Waals surface area contributed by atoms with Crippen molar-refractivity contribution in [3.05, 3.63) is 28.7 Å². The van der Waals surface area contributed by atoms with Gasteiger partial charge in [0, 0.05) is 12.6 Å². The number of carbonyl (C=O) groups is 1. The zero-order chi connectivity index (χ0) is 14.1. The number of hydrogen-bond donors (Lipinski definition) is 1. The molecule has 20 heavy (non-hydrogen) atoms. The first-order chi connectivity index (χ1) is 9.65. The van der Waals surface area contributed by atoms with Crippen LogP contribution in [0.1, 0.15) is 48.3 Å². The molecular weight excluding hydrogens is 278 g/mol. The highest BCUT2D eigenvalue weighted by molar-refractivity contribution is 6.33. The summed E-state index contributed by atoms with van der Waals surface area (Å²) >= 11 is 6.08. The molecule has 0 atom stereocenters. The van der Waals surface area contributed by atoms with Gasteiger partial charge in [0.2, 0.25) is 0 Å². The Bertz CT molecular complexity index is 647. The van der Waals surface area contributed by atoms with E-state index in [1.165, 1.54) is 38.2 Å². The second-order valence-electron chi connectivity index (χ2n) is 5.40. The minimum absolute atomic E-state index is 0.159. The summed E-state index contributed by atoms with van der Waals surface area (Å²) in [6.07, 6.45) is 8.65. The first kappa shape index (κ1) is 13.4. The minimum atomic E-state index is -0.994. The van der Waals surface area contributed by atoms with Gasteiger partial charge in [-0.15, -0.1) is 10.2 Å². The molecule has 5 nitrogen and oxygen atoms in total. The predicted molar refractivity (Wildman–Crippen MR) is 75.2 cm³/mol. The number of carboxylic acid groups (broad SMARTS) is 1. The summed E-state index contributed by atoms with van der Waals surface area (Å²) in [4.78, 5) is 11.1. The third-order valence-electron chi connectivity index (χ3n) is 3.97. The van der Waals surface area contributed by atoms with E-state index in [0.29, 0.717) is 16.6 Å². The quantitative estimate of drug-likeness (QED) is 0.943. The summed E-state index contributed by atoms with van der Waals surface area (Å²) in [5, 5.41) is 17.7. The molecule has 1 aliphatic rings. The summed E-state index contributed by atoms with van der Waals surface area (Å²) in [5.41, 5.74) is 0.690. The lowest BCUT2D eigenvalue weighted by molar-refractivity contribution is 0.0696. The molecule has 3 rings (SSSR count). The molecule has 0 spiro atoms. The highest BCUT2D eigenvalue weighted by Crippen LogP contribution is 2.27. The Morgan fingerprint density at radius 1 is 1.35 bits per heavy atom. The molecule has 2 heterocycles. The summed E-state index contributed by atoms with van der Waals surface area (Å²) in [6, 6.07) is 1.41.